The van der Waals surface area contributed by atoms with E-state index in [1.54, 1.807) is 0 Å². The van der Waals surface area contributed by atoms with Gasteiger partial charge in [0.1, 0.15) is 0 Å². The van der Waals surface area contributed by atoms with Crippen molar-refractivity contribution in [2.24, 2.45) is 0 Å². The van der Waals surface area contributed by atoms with Crippen LogP contribution in [0, 0.1) is 0 Å². The molecule has 2 aromatic rings. The van der Waals surface area contributed by atoms with E-state index in [2.05, 4.69) is 29.2 Å². The summed E-state index contributed by atoms with van der Waals surface area (Å²) in [6, 6.07) is 18.6. The Kier molecular flexibility index (Phi) is 4.14. The first-order valence-electron chi connectivity index (χ1n) is 7.35. The van der Waals surface area contributed by atoms with Crippen molar-refractivity contribution in [3.63, 3.8) is 0 Å². The van der Waals surface area contributed by atoms with Crippen LogP contribution in [0.3, 0.4) is 0 Å². The fraction of sp³-hybridized carbons (Fsp3) is 0.333. The molecule has 0 spiro atoms. The number of β-amino-alcohol motifs (C(OH)–C–C–N with tert-alkyl or cyclic N) is 1. The number of fused-ring (bicyclic) bond motifs is 1. The Morgan fingerprint density at radius 1 is 0.950 bits per heavy atom. The van der Waals surface area contributed by atoms with Crippen molar-refractivity contribution >= 4 is 0 Å². The van der Waals surface area contributed by atoms with Crippen molar-refractivity contribution in [1.82, 2.24) is 4.90 Å². The molecule has 1 unspecified atom stereocenters. The van der Waals surface area contributed by atoms with E-state index in [9.17, 15) is 5.11 Å². The summed E-state index contributed by atoms with van der Waals surface area (Å²) in [5, 5.41) is 10.4. The van der Waals surface area contributed by atoms with Crippen LogP contribution in [0.4, 0.5) is 0 Å². The molecule has 0 radical (unpaired) electrons. The van der Waals surface area contributed by atoms with Crippen molar-refractivity contribution in [1.29, 1.82) is 0 Å². The van der Waals surface area contributed by atoms with Crippen LogP contribution in [0.1, 0.15) is 29.2 Å². The first-order chi connectivity index (χ1) is 9.83. The fourth-order valence-corrected chi connectivity index (χ4v) is 2.95. The zero-order valence-electron chi connectivity index (χ0n) is 11.7. The normalized spacial score (nSPS) is 17.2. The number of benzene rings is 2. The van der Waals surface area contributed by atoms with Crippen LogP contribution in [0.2, 0.25) is 0 Å². The van der Waals surface area contributed by atoms with E-state index in [4.69, 9.17) is 0 Å². The summed E-state index contributed by atoms with van der Waals surface area (Å²) in [6.07, 6.45) is 1.91. The average molecular weight is 267 g/mol. The van der Waals surface area contributed by atoms with Crippen LogP contribution in [0.15, 0.2) is 54.6 Å². The number of rotatable bonds is 3. The van der Waals surface area contributed by atoms with Gasteiger partial charge in [-0.1, -0.05) is 54.6 Å². The van der Waals surface area contributed by atoms with Crippen molar-refractivity contribution < 1.29 is 5.11 Å². The standard InChI is InChI=1S/C18H21NO/c20-18(16-8-2-1-3-9-16)14-19-12-6-11-15-7-4-5-10-17(15)13-19/h1-5,7-10,18,20H,6,11-14H2. The summed E-state index contributed by atoms with van der Waals surface area (Å²) in [6.45, 7) is 2.71. The molecular formula is C18H21NO. The Morgan fingerprint density at radius 2 is 1.65 bits per heavy atom. The largest absolute Gasteiger partial charge is 0.387 e. The Balaban J connectivity index is 1.69. The maximum Gasteiger partial charge on any atom is 0.0917 e. The predicted octanol–water partition coefficient (Wildman–Crippen LogP) is 3.17. The van der Waals surface area contributed by atoms with Crippen molar-refractivity contribution in [3.05, 3.63) is 71.3 Å². The van der Waals surface area contributed by atoms with Gasteiger partial charge in [-0.05, 0) is 36.1 Å². The van der Waals surface area contributed by atoms with Crippen LogP contribution in [-0.2, 0) is 13.0 Å². The molecule has 0 fully saturated rings. The summed E-state index contributed by atoms with van der Waals surface area (Å²) in [5.74, 6) is 0. The van der Waals surface area contributed by atoms with Gasteiger partial charge in [0.05, 0.1) is 6.10 Å². The highest BCUT2D eigenvalue weighted by Gasteiger charge is 2.17. The molecule has 1 heterocycles. The highest BCUT2D eigenvalue weighted by molar-refractivity contribution is 5.28. The number of aliphatic hydroxyl groups excluding tert-OH is 1. The third-order valence-electron chi connectivity index (χ3n) is 4.05. The molecule has 1 aliphatic heterocycles. The SMILES string of the molecule is OC(CN1CCCc2ccccc2C1)c1ccccc1. The minimum absolute atomic E-state index is 0.401. The molecule has 1 atom stereocenters. The highest BCUT2D eigenvalue weighted by Crippen LogP contribution is 2.21. The summed E-state index contributed by atoms with van der Waals surface area (Å²) in [5.41, 5.74) is 3.87. The second-order valence-corrected chi connectivity index (χ2v) is 5.53. The molecule has 1 N–H and O–H groups in total. The predicted molar refractivity (Wildman–Crippen MR) is 81.4 cm³/mol. The Hall–Kier alpha value is -1.64. The van der Waals surface area contributed by atoms with E-state index < -0.39 is 6.10 Å². The highest BCUT2D eigenvalue weighted by atomic mass is 16.3. The van der Waals surface area contributed by atoms with Crippen molar-refractivity contribution in [3.8, 4) is 0 Å². The number of aliphatic hydroxyl groups is 1. The topological polar surface area (TPSA) is 23.5 Å². The van der Waals surface area contributed by atoms with Gasteiger partial charge in [0, 0.05) is 13.1 Å². The molecule has 0 bridgehead atoms. The van der Waals surface area contributed by atoms with Gasteiger partial charge in [-0.3, -0.25) is 4.90 Å². The van der Waals surface area contributed by atoms with E-state index in [1.165, 1.54) is 17.5 Å². The first-order valence-corrected chi connectivity index (χ1v) is 7.35. The van der Waals surface area contributed by atoms with Crippen molar-refractivity contribution in [2.45, 2.75) is 25.5 Å². The third kappa shape index (κ3) is 3.09. The molecule has 0 aromatic heterocycles. The molecule has 0 saturated carbocycles. The smallest absolute Gasteiger partial charge is 0.0917 e. The molecule has 2 nitrogen and oxygen atoms in total. The van der Waals surface area contributed by atoms with Crippen LogP contribution in [0.25, 0.3) is 0 Å². The molecular weight excluding hydrogens is 246 g/mol. The van der Waals surface area contributed by atoms with E-state index in [0.717, 1.165) is 25.1 Å². The second kappa shape index (κ2) is 6.21. The number of nitrogens with zero attached hydrogens (tertiary/aromatic N) is 1. The van der Waals surface area contributed by atoms with Gasteiger partial charge in [0.2, 0.25) is 0 Å². The van der Waals surface area contributed by atoms with Gasteiger partial charge >= 0.3 is 0 Å². The lowest BCUT2D eigenvalue weighted by Crippen LogP contribution is -2.28. The Morgan fingerprint density at radius 3 is 2.45 bits per heavy atom. The van der Waals surface area contributed by atoms with Gasteiger partial charge in [-0.2, -0.15) is 0 Å². The summed E-state index contributed by atoms with van der Waals surface area (Å²) >= 11 is 0. The third-order valence-corrected chi connectivity index (χ3v) is 4.05. The summed E-state index contributed by atoms with van der Waals surface area (Å²) < 4.78 is 0. The molecule has 0 amide bonds. The van der Waals surface area contributed by atoms with E-state index >= 15 is 0 Å². The monoisotopic (exact) mass is 267 g/mol. The minimum atomic E-state index is -0.401. The molecule has 0 saturated heterocycles. The van der Waals surface area contributed by atoms with Crippen LogP contribution in [-0.4, -0.2) is 23.1 Å². The average Bonchev–Trinajstić information content (AvgIpc) is 2.69. The molecule has 104 valence electrons. The molecule has 20 heavy (non-hydrogen) atoms. The lowest BCUT2D eigenvalue weighted by molar-refractivity contribution is 0.110. The van der Waals surface area contributed by atoms with Gasteiger partial charge < -0.3 is 5.11 Å². The Bertz CT molecular complexity index is 552. The van der Waals surface area contributed by atoms with Crippen molar-refractivity contribution in [2.75, 3.05) is 13.1 Å². The number of hydrogen-bond donors (Lipinski definition) is 1. The van der Waals surface area contributed by atoms with Crippen LogP contribution >= 0.6 is 0 Å². The number of aryl methyl sites for hydroxylation is 1. The lowest BCUT2D eigenvalue weighted by atomic mass is 10.0. The summed E-state index contributed by atoms with van der Waals surface area (Å²) in [4.78, 5) is 2.36. The van der Waals surface area contributed by atoms with Gasteiger partial charge in [0.25, 0.3) is 0 Å². The molecule has 3 rings (SSSR count). The zero-order chi connectivity index (χ0) is 13.8. The molecule has 2 heteroatoms. The van der Waals surface area contributed by atoms with Gasteiger partial charge in [-0.15, -0.1) is 0 Å². The van der Waals surface area contributed by atoms with Gasteiger partial charge in [0.15, 0.2) is 0 Å². The Labute approximate surface area is 120 Å². The van der Waals surface area contributed by atoms with E-state index in [0.29, 0.717) is 6.54 Å². The van der Waals surface area contributed by atoms with Crippen LogP contribution in [0.5, 0.6) is 0 Å². The lowest BCUT2D eigenvalue weighted by Gasteiger charge is -2.23. The maximum absolute atomic E-state index is 10.4. The van der Waals surface area contributed by atoms with E-state index in [1.807, 2.05) is 30.3 Å². The maximum atomic E-state index is 10.4. The fourth-order valence-electron chi connectivity index (χ4n) is 2.95. The molecule has 2 aromatic carbocycles. The zero-order valence-corrected chi connectivity index (χ0v) is 11.7. The van der Waals surface area contributed by atoms with E-state index in [-0.39, 0.29) is 0 Å². The second-order valence-electron chi connectivity index (χ2n) is 5.53. The quantitative estimate of drug-likeness (QED) is 0.923. The van der Waals surface area contributed by atoms with Crippen LogP contribution < -0.4 is 0 Å². The molecule has 1 aliphatic rings. The molecule has 0 aliphatic carbocycles. The number of hydrogen-bond acceptors (Lipinski definition) is 2. The first kappa shape index (κ1) is 13.3. The van der Waals surface area contributed by atoms with Gasteiger partial charge in [-0.25, -0.2) is 0 Å². The summed E-state index contributed by atoms with van der Waals surface area (Å²) in [7, 11) is 0. The minimum Gasteiger partial charge on any atom is -0.387 e.